The first-order valence-corrected chi connectivity index (χ1v) is 12.1. The van der Waals surface area contributed by atoms with E-state index in [0.717, 1.165) is 25.7 Å². The van der Waals surface area contributed by atoms with Crippen molar-refractivity contribution in [3.05, 3.63) is 91.5 Å². The number of hydrogen-bond donors (Lipinski definition) is 0. The van der Waals surface area contributed by atoms with Gasteiger partial charge < -0.3 is 4.42 Å². The normalized spacial score (nSPS) is 13.3. The molecule has 156 valence electrons. The molecule has 0 atom stereocenters. The highest BCUT2D eigenvalue weighted by Crippen LogP contribution is 2.42. The predicted octanol–water partition coefficient (Wildman–Crippen LogP) is 7.43. The van der Waals surface area contributed by atoms with Crippen LogP contribution in [0.4, 0.5) is 0 Å². The quantitative estimate of drug-likeness (QED) is 0.234. The SMILES string of the molecule is Brc1ccc2c(c1)CCc1cc3c(cc1-2)CCc1cc(Br)ccc1-3.Cc1nnc(C)o1. The van der Waals surface area contributed by atoms with Crippen molar-refractivity contribution in [1.82, 2.24) is 10.2 Å². The molecule has 4 aromatic rings. The lowest BCUT2D eigenvalue weighted by Gasteiger charge is -2.26. The van der Waals surface area contributed by atoms with E-state index in [1.807, 2.05) is 0 Å². The summed E-state index contributed by atoms with van der Waals surface area (Å²) in [4.78, 5) is 0. The van der Waals surface area contributed by atoms with Gasteiger partial charge in [0.15, 0.2) is 0 Å². The molecule has 0 radical (unpaired) electrons. The molecular weight excluding hydrogens is 516 g/mol. The molecule has 0 saturated heterocycles. The number of aromatic nitrogens is 2. The van der Waals surface area contributed by atoms with Crippen LogP contribution in [0.25, 0.3) is 22.3 Å². The Hall–Kier alpha value is -2.24. The van der Waals surface area contributed by atoms with Crippen LogP contribution in [0.2, 0.25) is 0 Å². The summed E-state index contributed by atoms with van der Waals surface area (Å²) < 4.78 is 7.23. The summed E-state index contributed by atoms with van der Waals surface area (Å²) in [6.07, 6.45) is 4.54. The van der Waals surface area contributed by atoms with Gasteiger partial charge in [-0.2, -0.15) is 0 Å². The summed E-state index contributed by atoms with van der Waals surface area (Å²) in [5.41, 5.74) is 11.7. The minimum Gasteiger partial charge on any atom is -0.426 e. The van der Waals surface area contributed by atoms with Crippen LogP contribution < -0.4 is 0 Å². The van der Waals surface area contributed by atoms with Crippen molar-refractivity contribution in [1.29, 1.82) is 0 Å². The molecule has 3 aromatic carbocycles. The molecule has 0 spiro atoms. The highest BCUT2D eigenvalue weighted by Gasteiger charge is 2.22. The van der Waals surface area contributed by atoms with Crippen LogP contribution in [0.5, 0.6) is 0 Å². The molecule has 0 fully saturated rings. The van der Waals surface area contributed by atoms with E-state index in [4.69, 9.17) is 4.42 Å². The number of hydrogen-bond acceptors (Lipinski definition) is 3. The smallest absolute Gasteiger partial charge is 0.213 e. The molecule has 31 heavy (non-hydrogen) atoms. The third-order valence-electron chi connectivity index (χ3n) is 6.00. The number of benzene rings is 3. The van der Waals surface area contributed by atoms with Crippen molar-refractivity contribution >= 4 is 31.9 Å². The van der Waals surface area contributed by atoms with Crippen molar-refractivity contribution in [2.45, 2.75) is 39.5 Å². The maximum Gasteiger partial charge on any atom is 0.213 e. The maximum atomic E-state index is 4.86. The monoisotopic (exact) mass is 536 g/mol. The summed E-state index contributed by atoms with van der Waals surface area (Å²) in [5.74, 6) is 1.25. The summed E-state index contributed by atoms with van der Waals surface area (Å²) >= 11 is 7.22. The Labute approximate surface area is 199 Å². The van der Waals surface area contributed by atoms with E-state index in [-0.39, 0.29) is 0 Å². The minimum absolute atomic E-state index is 0.623. The molecule has 5 heteroatoms. The van der Waals surface area contributed by atoms with E-state index in [1.165, 1.54) is 53.5 Å². The Morgan fingerprint density at radius 1 is 0.581 bits per heavy atom. The molecular formula is C26H22Br2N2O. The van der Waals surface area contributed by atoms with Gasteiger partial charge in [0.2, 0.25) is 11.8 Å². The number of fused-ring (bicyclic) bond motifs is 6. The van der Waals surface area contributed by atoms with E-state index in [0.29, 0.717) is 11.8 Å². The third-order valence-corrected chi connectivity index (χ3v) is 6.98. The Kier molecular flexibility index (Phi) is 5.57. The van der Waals surface area contributed by atoms with Crippen LogP contribution in [-0.2, 0) is 25.7 Å². The Morgan fingerprint density at radius 3 is 1.32 bits per heavy atom. The largest absolute Gasteiger partial charge is 0.426 e. The van der Waals surface area contributed by atoms with Crippen molar-refractivity contribution in [2.75, 3.05) is 0 Å². The second kappa shape index (κ2) is 8.36. The summed E-state index contributed by atoms with van der Waals surface area (Å²) in [6.45, 7) is 3.53. The van der Waals surface area contributed by atoms with E-state index in [1.54, 1.807) is 13.8 Å². The lowest BCUT2D eigenvalue weighted by molar-refractivity contribution is 0.489. The zero-order chi connectivity index (χ0) is 21.5. The van der Waals surface area contributed by atoms with Gasteiger partial charge in [0.25, 0.3) is 0 Å². The van der Waals surface area contributed by atoms with Crippen molar-refractivity contribution in [2.24, 2.45) is 0 Å². The molecule has 0 saturated carbocycles. The van der Waals surface area contributed by atoms with Crippen LogP contribution in [0, 0.1) is 13.8 Å². The van der Waals surface area contributed by atoms with Gasteiger partial charge in [-0.15, -0.1) is 10.2 Å². The fraction of sp³-hybridized carbons (Fsp3) is 0.231. The average molecular weight is 538 g/mol. The highest BCUT2D eigenvalue weighted by atomic mass is 79.9. The zero-order valence-electron chi connectivity index (χ0n) is 17.5. The molecule has 2 aliphatic carbocycles. The van der Waals surface area contributed by atoms with Crippen LogP contribution in [0.15, 0.2) is 61.9 Å². The van der Waals surface area contributed by atoms with E-state index < -0.39 is 0 Å². The molecule has 1 heterocycles. The van der Waals surface area contributed by atoms with Gasteiger partial charge in [0.1, 0.15) is 0 Å². The fourth-order valence-corrected chi connectivity index (χ4v) is 5.42. The summed E-state index contributed by atoms with van der Waals surface area (Å²) in [5, 5.41) is 7.20. The first-order valence-electron chi connectivity index (χ1n) is 10.5. The van der Waals surface area contributed by atoms with Crippen LogP contribution in [-0.4, -0.2) is 10.2 Å². The van der Waals surface area contributed by atoms with Crippen LogP contribution in [0.3, 0.4) is 0 Å². The molecule has 0 amide bonds. The second-order valence-corrected chi connectivity index (χ2v) is 9.94. The van der Waals surface area contributed by atoms with Crippen molar-refractivity contribution in [3.63, 3.8) is 0 Å². The van der Waals surface area contributed by atoms with E-state index in [9.17, 15) is 0 Å². The molecule has 0 bridgehead atoms. The first kappa shape index (κ1) is 20.7. The highest BCUT2D eigenvalue weighted by molar-refractivity contribution is 9.10. The molecule has 0 N–H and O–H groups in total. The van der Waals surface area contributed by atoms with Crippen molar-refractivity contribution < 1.29 is 4.42 Å². The Morgan fingerprint density at radius 2 is 0.968 bits per heavy atom. The second-order valence-electron chi connectivity index (χ2n) is 8.11. The standard InChI is InChI=1S/C22H16Br2.C4H6N2O/c23-17-5-7-19-13(9-17)1-3-15-11-22-16(12-21(15)19)4-2-14-10-18(24)6-8-20(14)22;1-3-5-6-4(2)7-3/h5-12H,1-4H2;1-2H3. The molecule has 0 aliphatic heterocycles. The van der Waals surface area contributed by atoms with Gasteiger partial charge in [-0.05, 0) is 94.5 Å². The van der Waals surface area contributed by atoms with Gasteiger partial charge in [-0.1, -0.05) is 56.1 Å². The molecule has 3 nitrogen and oxygen atoms in total. The molecule has 1 aromatic heterocycles. The van der Waals surface area contributed by atoms with Gasteiger partial charge >= 0.3 is 0 Å². The lowest BCUT2D eigenvalue weighted by atomic mass is 9.78. The Bertz CT molecular complexity index is 1200. The number of aryl methyl sites for hydroxylation is 6. The molecule has 2 aliphatic rings. The minimum atomic E-state index is 0.623. The molecule has 6 rings (SSSR count). The van der Waals surface area contributed by atoms with Gasteiger partial charge in [0, 0.05) is 22.8 Å². The number of nitrogens with zero attached hydrogens (tertiary/aromatic N) is 2. The van der Waals surface area contributed by atoms with Crippen LogP contribution in [0.1, 0.15) is 34.0 Å². The first-order chi connectivity index (χ1) is 15.0. The van der Waals surface area contributed by atoms with Crippen LogP contribution >= 0.6 is 31.9 Å². The van der Waals surface area contributed by atoms with Gasteiger partial charge in [-0.25, -0.2) is 0 Å². The number of halogens is 2. The predicted molar refractivity (Wildman–Crippen MR) is 131 cm³/mol. The van der Waals surface area contributed by atoms with E-state index in [2.05, 4.69) is 90.6 Å². The summed E-state index contributed by atoms with van der Waals surface area (Å²) in [7, 11) is 0. The van der Waals surface area contributed by atoms with E-state index >= 15 is 0 Å². The zero-order valence-corrected chi connectivity index (χ0v) is 20.7. The lowest BCUT2D eigenvalue weighted by Crippen LogP contribution is -2.09. The van der Waals surface area contributed by atoms with Gasteiger partial charge in [-0.3, -0.25) is 0 Å². The van der Waals surface area contributed by atoms with Gasteiger partial charge in [0.05, 0.1) is 0 Å². The Balaban J connectivity index is 0.000000250. The average Bonchev–Trinajstić information content (AvgIpc) is 3.14. The van der Waals surface area contributed by atoms with Crippen molar-refractivity contribution in [3.8, 4) is 22.3 Å². The fourth-order valence-electron chi connectivity index (χ4n) is 4.60. The maximum absolute atomic E-state index is 4.86. The number of rotatable bonds is 0. The summed E-state index contributed by atoms with van der Waals surface area (Å²) in [6, 6.07) is 18.4. The topological polar surface area (TPSA) is 38.9 Å². The third kappa shape index (κ3) is 4.13. The molecule has 0 unspecified atom stereocenters.